The predicted octanol–water partition coefficient (Wildman–Crippen LogP) is 3.51. The molecule has 5 nitrogen and oxygen atoms in total. The molecule has 148 valence electrons. The Labute approximate surface area is 174 Å². The second kappa shape index (κ2) is 8.97. The molecule has 28 heavy (non-hydrogen) atoms. The van der Waals surface area contributed by atoms with E-state index < -0.39 is 0 Å². The molecule has 0 bridgehead atoms. The van der Waals surface area contributed by atoms with Crippen LogP contribution in [-0.2, 0) is 6.42 Å². The van der Waals surface area contributed by atoms with Crippen molar-refractivity contribution < 1.29 is 14.3 Å². The van der Waals surface area contributed by atoms with Gasteiger partial charge in [0.05, 0.1) is 5.56 Å². The van der Waals surface area contributed by atoms with Crippen LogP contribution in [0.5, 0.6) is 11.5 Å². The van der Waals surface area contributed by atoms with Gasteiger partial charge in [-0.3, -0.25) is 4.79 Å². The molecule has 1 amide bonds. The number of halogens is 1. The number of nitrogens with one attached hydrogen (secondary N) is 1. The highest BCUT2D eigenvalue weighted by Gasteiger charge is 2.25. The van der Waals surface area contributed by atoms with Gasteiger partial charge in [-0.2, -0.15) is 0 Å². The summed E-state index contributed by atoms with van der Waals surface area (Å²) in [5.74, 6) is 1.55. The first-order valence-corrected chi connectivity index (χ1v) is 10.6. The van der Waals surface area contributed by atoms with Gasteiger partial charge in [0.15, 0.2) is 11.5 Å². The summed E-state index contributed by atoms with van der Waals surface area (Å²) in [4.78, 5) is 15.2. The largest absolute Gasteiger partial charge is 0.486 e. The molecular formula is C22H25BrN2O3. The number of amides is 1. The third-order valence-corrected chi connectivity index (χ3v) is 5.79. The second-order valence-electron chi connectivity index (χ2n) is 7.38. The van der Waals surface area contributed by atoms with E-state index in [1.54, 1.807) is 6.07 Å². The Bertz CT molecular complexity index is 828. The fraction of sp³-hybridized carbons (Fsp3) is 0.409. The van der Waals surface area contributed by atoms with E-state index in [0.717, 1.165) is 36.9 Å². The fourth-order valence-electron chi connectivity index (χ4n) is 3.84. The summed E-state index contributed by atoms with van der Waals surface area (Å²) in [7, 11) is 0. The summed E-state index contributed by atoms with van der Waals surface area (Å²) in [6.45, 7) is 4.85. The number of nitrogens with zero attached hydrogens (tertiary/aromatic N) is 1. The summed E-state index contributed by atoms with van der Waals surface area (Å²) in [5, 5.41) is 3.09. The van der Waals surface area contributed by atoms with Crippen LogP contribution in [-0.4, -0.2) is 50.2 Å². The number of rotatable bonds is 6. The molecule has 0 aliphatic carbocycles. The first-order chi connectivity index (χ1) is 13.7. The zero-order valence-electron chi connectivity index (χ0n) is 15.8. The van der Waals surface area contributed by atoms with Crippen LogP contribution in [0.2, 0.25) is 0 Å². The van der Waals surface area contributed by atoms with Crippen LogP contribution < -0.4 is 14.8 Å². The minimum atomic E-state index is -0.106. The quantitative estimate of drug-likeness (QED) is 0.740. The molecule has 2 aliphatic rings. The molecule has 0 saturated carbocycles. The average molecular weight is 445 g/mol. The van der Waals surface area contributed by atoms with Crippen LogP contribution in [0.1, 0.15) is 22.3 Å². The standard InChI is InChI=1S/C22H25BrN2O3/c23-18-12-19(21-20(13-18)27-10-11-28-21)22(26)24-14-17-7-9-25(15-17)8-6-16-4-2-1-3-5-16/h1-5,12-13,17H,6-11,14-15H2,(H,24,26). The van der Waals surface area contributed by atoms with E-state index >= 15 is 0 Å². The molecule has 1 N–H and O–H groups in total. The minimum Gasteiger partial charge on any atom is -0.486 e. The number of ether oxygens (including phenoxy) is 2. The number of fused-ring (bicyclic) bond motifs is 1. The average Bonchev–Trinajstić information content (AvgIpc) is 3.18. The lowest BCUT2D eigenvalue weighted by atomic mass is 10.1. The van der Waals surface area contributed by atoms with Crippen LogP contribution in [0.3, 0.4) is 0 Å². The number of likely N-dealkylation sites (tertiary alicyclic amines) is 1. The van der Waals surface area contributed by atoms with Crippen molar-refractivity contribution in [2.45, 2.75) is 12.8 Å². The highest BCUT2D eigenvalue weighted by atomic mass is 79.9. The molecule has 1 atom stereocenters. The van der Waals surface area contributed by atoms with Gasteiger partial charge in [-0.15, -0.1) is 0 Å². The molecule has 1 saturated heterocycles. The van der Waals surface area contributed by atoms with E-state index in [0.29, 0.717) is 42.7 Å². The Balaban J connectivity index is 1.28. The van der Waals surface area contributed by atoms with Gasteiger partial charge in [0, 0.05) is 24.1 Å². The maximum atomic E-state index is 12.7. The molecule has 2 heterocycles. The molecule has 1 unspecified atom stereocenters. The van der Waals surface area contributed by atoms with Crippen molar-refractivity contribution in [1.82, 2.24) is 10.2 Å². The number of benzene rings is 2. The van der Waals surface area contributed by atoms with Crippen molar-refractivity contribution in [3.63, 3.8) is 0 Å². The summed E-state index contributed by atoms with van der Waals surface area (Å²) >= 11 is 3.45. The van der Waals surface area contributed by atoms with Gasteiger partial charge in [0.2, 0.25) is 0 Å². The molecule has 1 fully saturated rings. The van der Waals surface area contributed by atoms with Crippen molar-refractivity contribution in [2.75, 3.05) is 39.4 Å². The minimum absolute atomic E-state index is 0.106. The Hall–Kier alpha value is -2.05. The summed E-state index contributed by atoms with van der Waals surface area (Å²) in [6.07, 6.45) is 2.19. The number of hydrogen-bond donors (Lipinski definition) is 1. The lowest BCUT2D eigenvalue weighted by molar-refractivity contribution is 0.0936. The molecule has 0 aromatic heterocycles. The van der Waals surface area contributed by atoms with E-state index in [-0.39, 0.29) is 5.91 Å². The van der Waals surface area contributed by atoms with Gasteiger partial charge in [-0.1, -0.05) is 46.3 Å². The Kier molecular flexibility index (Phi) is 6.17. The Morgan fingerprint density at radius 1 is 1.18 bits per heavy atom. The molecule has 2 aliphatic heterocycles. The Morgan fingerprint density at radius 2 is 2.00 bits per heavy atom. The van der Waals surface area contributed by atoms with Crippen molar-refractivity contribution in [1.29, 1.82) is 0 Å². The first kappa shape index (κ1) is 19.3. The highest BCUT2D eigenvalue weighted by molar-refractivity contribution is 9.10. The van der Waals surface area contributed by atoms with Crippen LogP contribution in [0, 0.1) is 5.92 Å². The van der Waals surface area contributed by atoms with E-state index in [1.165, 1.54) is 5.56 Å². The SMILES string of the molecule is O=C(NCC1CCN(CCc2ccccc2)C1)c1cc(Br)cc2c1OCCO2. The first-order valence-electron chi connectivity index (χ1n) is 9.82. The van der Waals surface area contributed by atoms with E-state index in [4.69, 9.17) is 9.47 Å². The summed E-state index contributed by atoms with van der Waals surface area (Å²) < 4.78 is 12.1. The molecular weight excluding hydrogens is 420 g/mol. The van der Waals surface area contributed by atoms with Crippen LogP contribution in [0.25, 0.3) is 0 Å². The van der Waals surface area contributed by atoms with Gasteiger partial charge in [0.1, 0.15) is 13.2 Å². The highest BCUT2D eigenvalue weighted by Crippen LogP contribution is 2.36. The zero-order chi connectivity index (χ0) is 19.3. The van der Waals surface area contributed by atoms with Crippen LogP contribution in [0.15, 0.2) is 46.9 Å². The van der Waals surface area contributed by atoms with Gasteiger partial charge < -0.3 is 19.7 Å². The lowest BCUT2D eigenvalue weighted by Gasteiger charge is -2.21. The van der Waals surface area contributed by atoms with Crippen molar-refractivity contribution in [3.05, 3.63) is 58.1 Å². The predicted molar refractivity (Wildman–Crippen MR) is 112 cm³/mol. The molecule has 2 aromatic rings. The van der Waals surface area contributed by atoms with Crippen LogP contribution >= 0.6 is 15.9 Å². The second-order valence-corrected chi connectivity index (χ2v) is 8.29. The van der Waals surface area contributed by atoms with Gasteiger partial charge >= 0.3 is 0 Å². The molecule has 6 heteroatoms. The molecule has 0 radical (unpaired) electrons. The maximum Gasteiger partial charge on any atom is 0.255 e. The Morgan fingerprint density at radius 3 is 2.86 bits per heavy atom. The molecule has 2 aromatic carbocycles. The monoisotopic (exact) mass is 444 g/mol. The smallest absolute Gasteiger partial charge is 0.255 e. The number of carbonyl (C=O) groups is 1. The maximum absolute atomic E-state index is 12.7. The fourth-order valence-corrected chi connectivity index (χ4v) is 4.27. The zero-order valence-corrected chi connectivity index (χ0v) is 17.4. The van der Waals surface area contributed by atoms with Crippen molar-refractivity contribution in [2.24, 2.45) is 5.92 Å². The molecule has 0 spiro atoms. The van der Waals surface area contributed by atoms with E-state index in [1.807, 2.05) is 6.07 Å². The summed E-state index contributed by atoms with van der Waals surface area (Å²) in [6, 6.07) is 14.2. The van der Waals surface area contributed by atoms with E-state index in [9.17, 15) is 4.79 Å². The van der Waals surface area contributed by atoms with Gasteiger partial charge in [0.25, 0.3) is 5.91 Å². The van der Waals surface area contributed by atoms with Gasteiger partial charge in [-0.05, 0) is 43.0 Å². The van der Waals surface area contributed by atoms with Crippen molar-refractivity contribution in [3.8, 4) is 11.5 Å². The number of hydrogen-bond acceptors (Lipinski definition) is 4. The third kappa shape index (κ3) is 4.67. The molecule has 4 rings (SSSR count). The van der Waals surface area contributed by atoms with Crippen molar-refractivity contribution >= 4 is 21.8 Å². The number of carbonyl (C=O) groups excluding carboxylic acids is 1. The lowest BCUT2D eigenvalue weighted by Crippen LogP contribution is -2.32. The van der Waals surface area contributed by atoms with Crippen LogP contribution in [0.4, 0.5) is 0 Å². The van der Waals surface area contributed by atoms with Gasteiger partial charge in [-0.25, -0.2) is 0 Å². The third-order valence-electron chi connectivity index (χ3n) is 5.33. The topological polar surface area (TPSA) is 50.8 Å². The summed E-state index contributed by atoms with van der Waals surface area (Å²) in [5.41, 5.74) is 1.91. The van der Waals surface area contributed by atoms with E-state index in [2.05, 4.69) is 56.5 Å². The normalized spacial score (nSPS) is 18.8.